The number of anilines is 1. The number of aromatic nitrogens is 1. The summed E-state index contributed by atoms with van der Waals surface area (Å²) >= 11 is 1.79. The third-order valence-corrected chi connectivity index (χ3v) is 4.14. The van der Waals surface area contributed by atoms with Crippen LogP contribution < -0.4 is 5.32 Å². The maximum Gasteiger partial charge on any atom is 0.182 e. The van der Waals surface area contributed by atoms with Crippen LogP contribution in [0.15, 0.2) is 6.20 Å². The Morgan fingerprint density at radius 2 is 2.36 bits per heavy atom. The fourth-order valence-corrected chi connectivity index (χ4v) is 2.36. The maximum atomic E-state index is 4.37. The molecule has 0 aromatic carbocycles. The summed E-state index contributed by atoms with van der Waals surface area (Å²) in [5, 5.41) is 4.51. The maximum absolute atomic E-state index is 4.37. The molecule has 1 fully saturated rings. The van der Waals surface area contributed by atoms with E-state index < -0.39 is 0 Å². The van der Waals surface area contributed by atoms with E-state index in [2.05, 4.69) is 31.1 Å². The van der Waals surface area contributed by atoms with Gasteiger partial charge >= 0.3 is 0 Å². The number of hydrogen-bond donors (Lipinski definition) is 1. The lowest BCUT2D eigenvalue weighted by Gasteiger charge is -2.00. The molecule has 1 N–H and O–H groups in total. The fourth-order valence-electron chi connectivity index (χ4n) is 1.54. The van der Waals surface area contributed by atoms with Crippen LogP contribution in [0.4, 0.5) is 5.13 Å². The molecule has 0 spiro atoms. The van der Waals surface area contributed by atoms with Gasteiger partial charge < -0.3 is 5.32 Å². The van der Waals surface area contributed by atoms with Crippen LogP contribution in [-0.2, 0) is 0 Å². The van der Waals surface area contributed by atoms with Crippen LogP contribution in [0, 0.1) is 11.8 Å². The molecule has 1 aromatic heterocycles. The van der Waals surface area contributed by atoms with Gasteiger partial charge in [0, 0.05) is 17.6 Å². The summed E-state index contributed by atoms with van der Waals surface area (Å²) in [5.41, 5.74) is 0. The number of hydrogen-bond acceptors (Lipinski definition) is 3. The van der Waals surface area contributed by atoms with Gasteiger partial charge in [-0.1, -0.05) is 20.8 Å². The second-order valence-corrected chi connectivity index (χ2v) is 5.64. The first kappa shape index (κ1) is 9.97. The zero-order chi connectivity index (χ0) is 10.1. The zero-order valence-electron chi connectivity index (χ0n) is 9.08. The van der Waals surface area contributed by atoms with Crippen LogP contribution in [0.1, 0.15) is 38.0 Å². The van der Waals surface area contributed by atoms with E-state index in [1.165, 1.54) is 11.3 Å². The highest BCUT2D eigenvalue weighted by Crippen LogP contribution is 2.37. The molecule has 1 saturated carbocycles. The van der Waals surface area contributed by atoms with Gasteiger partial charge in [-0.25, -0.2) is 4.98 Å². The van der Waals surface area contributed by atoms with Gasteiger partial charge in [-0.05, 0) is 24.2 Å². The van der Waals surface area contributed by atoms with Crippen LogP contribution >= 0.6 is 11.3 Å². The van der Waals surface area contributed by atoms with E-state index >= 15 is 0 Å². The molecule has 0 amide bonds. The summed E-state index contributed by atoms with van der Waals surface area (Å²) in [4.78, 5) is 5.74. The summed E-state index contributed by atoms with van der Waals surface area (Å²) in [6.07, 6.45) is 3.38. The predicted molar refractivity (Wildman–Crippen MR) is 62.0 cm³/mol. The van der Waals surface area contributed by atoms with Gasteiger partial charge in [-0.15, -0.1) is 11.3 Å². The first-order valence-electron chi connectivity index (χ1n) is 5.36. The van der Waals surface area contributed by atoms with Crippen molar-refractivity contribution in [3.05, 3.63) is 11.1 Å². The lowest BCUT2D eigenvalue weighted by atomic mass is 10.2. The lowest BCUT2D eigenvalue weighted by molar-refractivity contribution is 0.786. The smallest absolute Gasteiger partial charge is 0.182 e. The molecule has 78 valence electrons. The second kappa shape index (κ2) is 3.89. The minimum atomic E-state index is 0.600. The average molecular weight is 210 g/mol. The molecule has 0 saturated heterocycles. The molecule has 0 bridgehead atoms. The topological polar surface area (TPSA) is 24.9 Å². The number of nitrogens with one attached hydrogen (secondary N) is 1. The van der Waals surface area contributed by atoms with Gasteiger partial charge in [0.25, 0.3) is 0 Å². The quantitative estimate of drug-likeness (QED) is 0.824. The highest BCUT2D eigenvalue weighted by atomic mass is 32.1. The van der Waals surface area contributed by atoms with Gasteiger partial charge in [-0.2, -0.15) is 0 Å². The first-order chi connectivity index (χ1) is 6.66. The van der Waals surface area contributed by atoms with Crippen molar-refractivity contribution in [1.29, 1.82) is 0 Å². The third-order valence-electron chi connectivity index (χ3n) is 2.88. The van der Waals surface area contributed by atoms with Crippen molar-refractivity contribution in [2.45, 2.75) is 33.1 Å². The second-order valence-electron chi connectivity index (χ2n) is 4.58. The zero-order valence-corrected chi connectivity index (χ0v) is 9.90. The van der Waals surface area contributed by atoms with Crippen molar-refractivity contribution in [1.82, 2.24) is 4.98 Å². The first-order valence-corrected chi connectivity index (χ1v) is 6.18. The fraction of sp³-hybridized carbons (Fsp3) is 0.727. The predicted octanol–water partition coefficient (Wildman–Crippen LogP) is 3.33. The minimum Gasteiger partial charge on any atom is -0.361 e. The Labute approximate surface area is 89.8 Å². The van der Waals surface area contributed by atoms with Gasteiger partial charge in [0.1, 0.15) is 0 Å². The van der Waals surface area contributed by atoms with E-state index in [1.54, 1.807) is 11.3 Å². The van der Waals surface area contributed by atoms with Crippen LogP contribution in [-0.4, -0.2) is 11.5 Å². The Kier molecular flexibility index (Phi) is 2.77. The third kappa shape index (κ3) is 2.27. The SMILES string of the molecule is CC(C)c1cnc(NCC2CC2C)s1. The molecule has 2 rings (SSSR count). The summed E-state index contributed by atoms with van der Waals surface area (Å²) in [6, 6.07) is 0. The van der Waals surface area contributed by atoms with E-state index in [9.17, 15) is 0 Å². The summed E-state index contributed by atoms with van der Waals surface area (Å²) in [6.45, 7) is 7.83. The van der Waals surface area contributed by atoms with Crippen molar-refractivity contribution in [3.63, 3.8) is 0 Å². The Bertz CT molecular complexity index is 306. The molecule has 2 nitrogen and oxygen atoms in total. The van der Waals surface area contributed by atoms with Crippen LogP contribution in [0.2, 0.25) is 0 Å². The van der Waals surface area contributed by atoms with Crippen molar-refractivity contribution in [2.75, 3.05) is 11.9 Å². The van der Waals surface area contributed by atoms with Crippen molar-refractivity contribution in [2.24, 2.45) is 11.8 Å². The van der Waals surface area contributed by atoms with Crippen molar-refractivity contribution in [3.8, 4) is 0 Å². The Balaban J connectivity index is 1.84. The Hall–Kier alpha value is -0.570. The van der Waals surface area contributed by atoms with E-state index in [1.807, 2.05) is 6.20 Å². The summed E-state index contributed by atoms with van der Waals surface area (Å²) < 4.78 is 0. The van der Waals surface area contributed by atoms with Crippen LogP contribution in [0.25, 0.3) is 0 Å². The monoisotopic (exact) mass is 210 g/mol. The van der Waals surface area contributed by atoms with Gasteiger partial charge in [-0.3, -0.25) is 0 Å². The van der Waals surface area contributed by atoms with E-state index in [-0.39, 0.29) is 0 Å². The molecule has 1 aliphatic carbocycles. The van der Waals surface area contributed by atoms with Crippen molar-refractivity contribution >= 4 is 16.5 Å². The number of rotatable bonds is 4. The molecule has 3 heteroatoms. The van der Waals surface area contributed by atoms with E-state index in [0.29, 0.717) is 5.92 Å². The lowest BCUT2D eigenvalue weighted by Crippen LogP contribution is -2.03. The molecule has 2 atom stereocenters. The molecule has 1 aliphatic rings. The number of thiazole rings is 1. The highest BCUT2D eigenvalue weighted by molar-refractivity contribution is 7.15. The minimum absolute atomic E-state index is 0.600. The summed E-state index contributed by atoms with van der Waals surface area (Å²) in [7, 11) is 0. The van der Waals surface area contributed by atoms with Gasteiger partial charge in [0.15, 0.2) is 5.13 Å². The standard InChI is InChI=1S/C11H18N2S/c1-7(2)10-6-13-11(14-10)12-5-9-4-8(9)3/h6-9H,4-5H2,1-3H3,(H,12,13). The number of nitrogens with zero attached hydrogens (tertiary/aromatic N) is 1. The molecular weight excluding hydrogens is 192 g/mol. The molecule has 1 heterocycles. The van der Waals surface area contributed by atoms with Crippen LogP contribution in [0.3, 0.4) is 0 Å². The average Bonchev–Trinajstić information content (AvgIpc) is 2.68. The van der Waals surface area contributed by atoms with Crippen LogP contribution in [0.5, 0.6) is 0 Å². The molecular formula is C11H18N2S. The van der Waals surface area contributed by atoms with Crippen molar-refractivity contribution < 1.29 is 0 Å². The molecule has 0 aliphatic heterocycles. The highest BCUT2D eigenvalue weighted by Gasteiger charge is 2.32. The molecule has 2 unspecified atom stereocenters. The largest absolute Gasteiger partial charge is 0.361 e. The molecule has 1 aromatic rings. The Morgan fingerprint density at radius 1 is 1.64 bits per heavy atom. The van der Waals surface area contributed by atoms with Gasteiger partial charge in [0.2, 0.25) is 0 Å². The van der Waals surface area contributed by atoms with E-state index in [0.717, 1.165) is 23.5 Å². The van der Waals surface area contributed by atoms with Gasteiger partial charge in [0.05, 0.1) is 0 Å². The molecule has 0 radical (unpaired) electrons. The normalized spacial score (nSPS) is 25.4. The summed E-state index contributed by atoms with van der Waals surface area (Å²) in [5.74, 6) is 2.41. The molecule has 14 heavy (non-hydrogen) atoms. The van der Waals surface area contributed by atoms with E-state index in [4.69, 9.17) is 0 Å². The Morgan fingerprint density at radius 3 is 2.86 bits per heavy atom.